The molecule has 0 aliphatic heterocycles. The van der Waals surface area contributed by atoms with E-state index in [0.717, 1.165) is 18.7 Å². The summed E-state index contributed by atoms with van der Waals surface area (Å²) in [6, 6.07) is 8.46. The van der Waals surface area contributed by atoms with Crippen molar-refractivity contribution in [3.63, 3.8) is 0 Å². The summed E-state index contributed by atoms with van der Waals surface area (Å²) in [7, 11) is 0. The molecule has 0 saturated heterocycles. The topological polar surface area (TPSA) is 39.7 Å². The number of hydrogen-bond donors (Lipinski definition) is 1. The molecule has 0 aliphatic carbocycles. The van der Waals surface area contributed by atoms with Crippen LogP contribution in [0.2, 0.25) is 0 Å². The van der Waals surface area contributed by atoms with Crippen molar-refractivity contribution in [2.45, 2.75) is 72.6 Å². The lowest BCUT2D eigenvalue weighted by molar-refractivity contribution is -0.0543. The van der Waals surface area contributed by atoms with E-state index < -0.39 is 0 Å². The molecule has 0 aromatic heterocycles. The zero-order valence-electron chi connectivity index (χ0n) is 17.6. The molecule has 4 atom stereocenters. The summed E-state index contributed by atoms with van der Waals surface area (Å²) in [5.41, 5.74) is 1.23. The van der Waals surface area contributed by atoms with Crippen LogP contribution in [-0.4, -0.2) is 44.6 Å². The molecule has 1 aromatic rings. The van der Waals surface area contributed by atoms with Crippen LogP contribution in [0.3, 0.4) is 0 Å². The normalized spacial score (nSPS) is 16.1. The van der Waals surface area contributed by atoms with Crippen molar-refractivity contribution >= 4 is 0 Å². The van der Waals surface area contributed by atoms with Gasteiger partial charge in [0.15, 0.2) is 0 Å². The largest absolute Gasteiger partial charge is 0.491 e. The maximum atomic E-state index is 6.02. The van der Waals surface area contributed by atoms with Gasteiger partial charge in [0.1, 0.15) is 12.4 Å². The molecule has 0 spiro atoms. The number of benzene rings is 1. The molecule has 1 N–H and O–H groups in total. The average molecular weight is 366 g/mol. The first kappa shape index (κ1) is 22.9. The van der Waals surface area contributed by atoms with E-state index in [9.17, 15) is 0 Å². The Morgan fingerprint density at radius 1 is 0.885 bits per heavy atom. The van der Waals surface area contributed by atoms with Crippen LogP contribution in [0.25, 0.3) is 0 Å². The van der Waals surface area contributed by atoms with Crippen LogP contribution < -0.4 is 10.1 Å². The second-order valence-electron chi connectivity index (χ2n) is 7.45. The van der Waals surface area contributed by atoms with Gasteiger partial charge in [-0.25, -0.2) is 0 Å². The summed E-state index contributed by atoms with van der Waals surface area (Å²) in [6.45, 7) is 15.8. The van der Waals surface area contributed by atoms with Gasteiger partial charge in [0.05, 0.1) is 25.4 Å². The van der Waals surface area contributed by atoms with Crippen molar-refractivity contribution in [2.24, 2.45) is 5.92 Å². The summed E-state index contributed by atoms with van der Waals surface area (Å²) >= 11 is 0. The Kier molecular flexibility index (Phi) is 11.6. The van der Waals surface area contributed by atoms with E-state index >= 15 is 0 Å². The van der Waals surface area contributed by atoms with Gasteiger partial charge in [-0.3, -0.25) is 0 Å². The summed E-state index contributed by atoms with van der Waals surface area (Å²) in [6.07, 6.45) is 2.32. The highest BCUT2D eigenvalue weighted by Crippen LogP contribution is 2.12. The molecule has 150 valence electrons. The first-order valence-corrected chi connectivity index (χ1v) is 10.1. The average Bonchev–Trinajstić information content (AvgIpc) is 2.65. The standard InChI is InChI=1S/C22H39NO3/c1-7-17(3)13-23-19(5)14-25-21(8-2)16-24-20(6)15-26-22-11-9-18(4)10-12-22/h9-12,17,19-21,23H,7-8,13-16H2,1-6H3. The van der Waals surface area contributed by atoms with Crippen LogP contribution in [0, 0.1) is 12.8 Å². The van der Waals surface area contributed by atoms with Gasteiger partial charge < -0.3 is 19.5 Å². The molecule has 0 aliphatic rings. The fourth-order valence-corrected chi connectivity index (χ4v) is 2.34. The Labute approximate surface area is 160 Å². The quantitative estimate of drug-likeness (QED) is 0.523. The molecule has 1 aromatic carbocycles. The van der Waals surface area contributed by atoms with Crippen LogP contribution in [0.1, 0.15) is 53.0 Å². The molecule has 0 amide bonds. The first-order valence-electron chi connectivity index (χ1n) is 10.1. The molecular weight excluding hydrogens is 326 g/mol. The van der Waals surface area contributed by atoms with Crippen LogP contribution >= 0.6 is 0 Å². The summed E-state index contributed by atoms with van der Waals surface area (Å²) in [5.74, 6) is 1.59. The van der Waals surface area contributed by atoms with E-state index in [1.165, 1.54) is 12.0 Å². The highest BCUT2D eigenvalue weighted by Gasteiger charge is 2.13. The van der Waals surface area contributed by atoms with E-state index in [2.05, 4.69) is 52.1 Å². The summed E-state index contributed by atoms with van der Waals surface area (Å²) < 4.78 is 17.7. The number of ether oxygens (including phenoxy) is 3. The predicted molar refractivity (Wildman–Crippen MR) is 109 cm³/mol. The van der Waals surface area contributed by atoms with E-state index in [-0.39, 0.29) is 12.2 Å². The Hall–Kier alpha value is -1.10. The maximum Gasteiger partial charge on any atom is 0.119 e. The zero-order valence-corrected chi connectivity index (χ0v) is 17.6. The van der Waals surface area contributed by atoms with E-state index in [0.29, 0.717) is 31.8 Å². The van der Waals surface area contributed by atoms with E-state index in [1.807, 2.05) is 19.1 Å². The molecular formula is C22H39NO3. The smallest absolute Gasteiger partial charge is 0.119 e. The number of rotatable bonds is 14. The predicted octanol–water partition coefficient (Wildman–Crippen LogP) is 4.60. The SMILES string of the molecule is CCC(C)CNC(C)COC(CC)COC(C)COc1ccc(C)cc1. The van der Waals surface area contributed by atoms with Crippen molar-refractivity contribution in [3.05, 3.63) is 29.8 Å². The molecule has 4 heteroatoms. The van der Waals surface area contributed by atoms with Crippen molar-refractivity contribution in [2.75, 3.05) is 26.4 Å². The van der Waals surface area contributed by atoms with Crippen molar-refractivity contribution in [1.29, 1.82) is 0 Å². The van der Waals surface area contributed by atoms with Crippen molar-refractivity contribution < 1.29 is 14.2 Å². The third kappa shape index (κ3) is 10.1. The Morgan fingerprint density at radius 3 is 2.19 bits per heavy atom. The van der Waals surface area contributed by atoms with Gasteiger partial charge in [0.25, 0.3) is 0 Å². The monoisotopic (exact) mass is 365 g/mol. The summed E-state index contributed by atoms with van der Waals surface area (Å²) in [4.78, 5) is 0. The molecule has 0 fully saturated rings. The Morgan fingerprint density at radius 2 is 1.58 bits per heavy atom. The molecule has 0 bridgehead atoms. The van der Waals surface area contributed by atoms with Gasteiger partial charge in [-0.05, 0) is 51.8 Å². The Bertz CT molecular complexity index is 463. The molecule has 0 radical (unpaired) electrons. The van der Waals surface area contributed by atoms with Gasteiger partial charge in [-0.1, -0.05) is 44.9 Å². The maximum absolute atomic E-state index is 6.02. The van der Waals surface area contributed by atoms with Gasteiger partial charge in [-0.15, -0.1) is 0 Å². The molecule has 4 nitrogen and oxygen atoms in total. The van der Waals surface area contributed by atoms with Crippen molar-refractivity contribution in [1.82, 2.24) is 5.32 Å². The van der Waals surface area contributed by atoms with Crippen LogP contribution in [0.5, 0.6) is 5.75 Å². The Balaban J connectivity index is 2.20. The highest BCUT2D eigenvalue weighted by atomic mass is 16.6. The van der Waals surface area contributed by atoms with Gasteiger partial charge in [0, 0.05) is 6.04 Å². The first-order chi connectivity index (χ1) is 12.4. The minimum atomic E-state index is 0.0369. The second-order valence-corrected chi connectivity index (χ2v) is 7.45. The van der Waals surface area contributed by atoms with Crippen LogP contribution in [0.15, 0.2) is 24.3 Å². The van der Waals surface area contributed by atoms with Gasteiger partial charge >= 0.3 is 0 Å². The number of nitrogens with one attached hydrogen (secondary N) is 1. The third-order valence-corrected chi connectivity index (χ3v) is 4.62. The minimum Gasteiger partial charge on any atom is -0.491 e. The molecule has 0 saturated carbocycles. The fraction of sp³-hybridized carbons (Fsp3) is 0.727. The minimum absolute atomic E-state index is 0.0369. The van der Waals surface area contributed by atoms with Crippen molar-refractivity contribution in [3.8, 4) is 5.75 Å². The number of aryl methyl sites for hydroxylation is 1. The number of hydrogen-bond acceptors (Lipinski definition) is 4. The van der Waals surface area contributed by atoms with Gasteiger partial charge in [-0.2, -0.15) is 0 Å². The molecule has 4 unspecified atom stereocenters. The highest BCUT2D eigenvalue weighted by molar-refractivity contribution is 5.26. The van der Waals surface area contributed by atoms with Crippen LogP contribution in [0.4, 0.5) is 0 Å². The van der Waals surface area contributed by atoms with Gasteiger partial charge in [0.2, 0.25) is 0 Å². The lowest BCUT2D eigenvalue weighted by Crippen LogP contribution is -2.36. The third-order valence-electron chi connectivity index (χ3n) is 4.62. The second kappa shape index (κ2) is 13.1. The van der Waals surface area contributed by atoms with Crippen LogP contribution in [-0.2, 0) is 9.47 Å². The van der Waals surface area contributed by atoms with E-state index in [4.69, 9.17) is 14.2 Å². The zero-order chi connectivity index (χ0) is 19.4. The molecule has 26 heavy (non-hydrogen) atoms. The fourth-order valence-electron chi connectivity index (χ4n) is 2.34. The lowest BCUT2D eigenvalue weighted by atomic mass is 10.1. The molecule has 0 heterocycles. The lowest BCUT2D eigenvalue weighted by Gasteiger charge is -2.23. The summed E-state index contributed by atoms with van der Waals surface area (Å²) in [5, 5.41) is 3.53. The van der Waals surface area contributed by atoms with E-state index in [1.54, 1.807) is 0 Å². The molecule has 1 rings (SSSR count).